The maximum atomic E-state index is 5.01. The van der Waals surface area contributed by atoms with Gasteiger partial charge < -0.3 is 10.2 Å². The molecule has 1 aromatic heterocycles. The highest BCUT2D eigenvalue weighted by Crippen LogP contribution is 2.37. The fraction of sp³-hybridized carbons (Fsp3) is 0.812. The highest BCUT2D eigenvalue weighted by Gasteiger charge is 2.31. The number of rotatable bonds is 4. The molecule has 20 heavy (non-hydrogen) atoms. The lowest BCUT2D eigenvalue weighted by Crippen LogP contribution is -2.26. The highest BCUT2D eigenvalue weighted by molar-refractivity contribution is 7.15. The Labute approximate surface area is 127 Å². The van der Waals surface area contributed by atoms with Crippen LogP contribution in [-0.4, -0.2) is 24.1 Å². The Morgan fingerprint density at radius 1 is 1.35 bits per heavy atom. The average Bonchev–Trinajstić information content (AvgIpc) is 2.89. The average molecular weight is 295 g/mol. The molecule has 0 aromatic carbocycles. The SMILES string of the molecule is CCNCc1sc(N2CC(C)CC2C)nc1C(C)(C)C. The van der Waals surface area contributed by atoms with Crippen molar-refractivity contribution in [2.45, 2.75) is 66.0 Å². The van der Waals surface area contributed by atoms with Gasteiger partial charge in [-0.25, -0.2) is 4.98 Å². The van der Waals surface area contributed by atoms with Gasteiger partial charge in [0.1, 0.15) is 0 Å². The number of hydrogen-bond acceptors (Lipinski definition) is 4. The van der Waals surface area contributed by atoms with Crippen LogP contribution in [0, 0.1) is 5.92 Å². The van der Waals surface area contributed by atoms with Gasteiger partial charge in [0.25, 0.3) is 0 Å². The zero-order valence-corrected chi connectivity index (χ0v) is 14.6. The minimum Gasteiger partial charge on any atom is -0.345 e. The minimum atomic E-state index is 0.119. The molecule has 1 aromatic rings. The molecule has 2 atom stereocenters. The third-order valence-electron chi connectivity index (χ3n) is 3.96. The lowest BCUT2D eigenvalue weighted by Gasteiger charge is -2.21. The molecule has 0 aliphatic carbocycles. The van der Waals surface area contributed by atoms with Crippen molar-refractivity contribution in [3.8, 4) is 0 Å². The fourth-order valence-electron chi connectivity index (χ4n) is 2.97. The summed E-state index contributed by atoms with van der Waals surface area (Å²) in [6.45, 7) is 16.7. The fourth-order valence-corrected chi connectivity index (χ4v) is 4.32. The van der Waals surface area contributed by atoms with E-state index in [9.17, 15) is 0 Å². The predicted molar refractivity (Wildman–Crippen MR) is 88.8 cm³/mol. The molecule has 0 saturated carbocycles. The number of nitrogens with one attached hydrogen (secondary N) is 1. The summed E-state index contributed by atoms with van der Waals surface area (Å²) < 4.78 is 0. The van der Waals surface area contributed by atoms with E-state index in [2.05, 4.69) is 51.8 Å². The van der Waals surface area contributed by atoms with Gasteiger partial charge in [-0.05, 0) is 25.8 Å². The van der Waals surface area contributed by atoms with E-state index in [0.29, 0.717) is 6.04 Å². The molecule has 0 spiro atoms. The number of aromatic nitrogens is 1. The van der Waals surface area contributed by atoms with Gasteiger partial charge in [-0.1, -0.05) is 34.6 Å². The van der Waals surface area contributed by atoms with E-state index >= 15 is 0 Å². The van der Waals surface area contributed by atoms with E-state index in [4.69, 9.17) is 4.98 Å². The van der Waals surface area contributed by atoms with Gasteiger partial charge in [-0.15, -0.1) is 11.3 Å². The van der Waals surface area contributed by atoms with Gasteiger partial charge in [0.2, 0.25) is 0 Å². The second kappa shape index (κ2) is 6.02. The maximum Gasteiger partial charge on any atom is 0.186 e. The first-order valence-electron chi connectivity index (χ1n) is 7.80. The van der Waals surface area contributed by atoms with Crippen molar-refractivity contribution < 1.29 is 0 Å². The predicted octanol–water partition coefficient (Wildman–Crippen LogP) is 3.78. The number of hydrogen-bond donors (Lipinski definition) is 1. The van der Waals surface area contributed by atoms with Crippen LogP contribution < -0.4 is 10.2 Å². The first-order valence-corrected chi connectivity index (χ1v) is 8.62. The topological polar surface area (TPSA) is 28.2 Å². The van der Waals surface area contributed by atoms with Crippen molar-refractivity contribution in [2.24, 2.45) is 5.92 Å². The second-order valence-electron chi connectivity index (χ2n) is 7.14. The van der Waals surface area contributed by atoms with Crippen molar-refractivity contribution in [3.63, 3.8) is 0 Å². The largest absolute Gasteiger partial charge is 0.345 e. The first-order chi connectivity index (χ1) is 9.32. The molecule has 0 bridgehead atoms. The van der Waals surface area contributed by atoms with Crippen LogP contribution >= 0.6 is 11.3 Å². The summed E-state index contributed by atoms with van der Waals surface area (Å²) >= 11 is 1.88. The highest BCUT2D eigenvalue weighted by atomic mass is 32.1. The molecular weight excluding hydrogens is 266 g/mol. The standard InChI is InChI=1S/C16H29N3S/c1-7-17-9-13-14(16(4,5)6)18-15(20-13)19-10-11(2)8-12(19)3/h11-12,17H,7-10H2,1-6H3. The van der Waals surface area contributed by atoms with E-state index in [-0.39, 0.29) is 5.41 Å². The van der Waals surface area contributed by atoms with Crippen LogP contribution in [0.15, 0.2) is 0 Å². The Bertz CT molecular complexity index is 447. The molecule has 2 heterocycles. The molecule has 3 nitrogen and oxygen atoms in total. The second-order valence-corrected chi connectivity index (χ2v) is 8.20. The Kier molecular flexibility index (Phi) is 4.75. The van der Waals surface area contributed by atoms with Gasteiger partial charge >= 0.3 is 0 Å². The van der Waals surface area contributed by atoms with Crippen molar-refractivity contribution in [2.75, 3.05) is 18.0 Å². The smallest absolute Gasteiger partial charge is 0.186 e. The van der Waals surface area contributed by atoms with E-state index in [1.807, 2.05) is 11.3 Å². The van der Waals surface area contributed by atoms with Crippen LogP contribution in [0.5, 0.6) is 0 Å². The van der Waals surface area contributed by atoms with Crippen LogP contribution in [0.4, 0.5) is 5.13 Å². The third kappa shape index (κ3) is 3.34. The van der Waals surface area contributed by atoms with Crippen LogP contribution in [0.2, 0.25) is 0 Å². The normalized spacial score (nSPS) is 23.6. The maximum absolute atomic E-state index is 5.01. The Balaban J connectivity index is 2.29. The molecule has 2 unspecified atom stereocenters. The summed E-state index contributed by atoms with van der Waals surface area (Å²) in [6, 6.07) is 0.621. The molecule has 0 amide bonds. The van der Waals surface area contributed by atoms with Crippen molar-refractivity contribution in [1.82, 2.24) is 10.3 Å². The first kappa shape index (κ1) is 15.8. The van der Waals surface area contributed by atoms with Gasteiger partial charge in [0.15, 0.2) is 5.13 Å². The Hall–Kier alpha value is -0.610. The number of thiazole rings is 1. The Morgan fingerprint density at radius 2 is 2.05 bits per heavy atom. The molecule has 1 aliphatic rings. The molecule has 1 aliphatic heterocycles. The number of anilines is 1. The molecule has 1 N–H and O–H groups in total. The summed E-state index contributed by atoms with van der Waals surface area (Å²) in [7, 11) is 0. The summed E-state index contributed by atoms with van der Waals surface area (Å²) in [5.74, 6) is 0.782. The van der Waals surface area contributed by atoms with E-state index in [0.717, 1.165) is 25.6 Å². The summed E-state index contributed by atoms with van der Waals surface area (Å²) in [5.41, 5.74) is 1.39. The van der Waals surface area contributed by atoms with Crippen LogP contribution in [0.25, 0.3) is 0 Å². The molecule has 1 fully saturated rings. The third-order valence-corrected chi connectivity index (χ3v) is 5.05. The molecule has 2 rings (SSSR count). The quantitative estimate of drug-likeness (QED) is 0.916. The van der Waals surface area contributed by atoms with Gasteiger partial charge in [0.05, 0.1) is 5.69 Å². The van der Waals surface area contributed by atoms with E-state index < -0.39 is 0 Å². The lowest BCUT2D eigenvalue weighted by atomic mass is 9.91. The van der Waals surface area contributed by atoms with Crippen molar-refractivity contribution in [3.05, 3.63) is 10.6 Å². The molecule has 4 heteroatoms. The van der Waals surface area contributed by atoms with Crippen LogP contribution in [0.3, 0.4) is 0 Å². The van der Waals surface area contributed by atoms with Gasteiger partial charge in [0, 0.05) is 29.4 Å². The monoisotopic (exact) mass is 295 g/mol. The van der Waals surface area contributed by atoms with E-state index in [1.54, 1.807) is 0 Å². The van der Waals surface area contributed by atoms with Crippen LogP contribution in [-0.2, 0) is 12.0 Å². The van der Waals surface area contributed by atoms with Crippen molar-refractivity contribution >= 4 is 16.5 Å². The van der Waals surface area contributed by atoms with Gasteiger partial charge in [-0.2, -0.15) is 0 Å². The number of nitrogens with zero attached hydrogens (tertiary/aromatic N) is 2. The summed E-state index contributed by atoms with van der Waals surface area (Å²) in [5, 5.41) is 4.67. The molecule has 114 valence electrons. The minimum absolute atomic E-state index is 0.119. The zero-order valence-electron chi connectivity index (χ0n) is 13.8. The lowest BCUT2D eigenvalue weighted by molar-refractivity contribution is 0.560. The molecular formula is C16H29N3S. The summed E-state index contributed by atoms with van der Waals surface area (Å²) in [4.78, 5) is 8.91. The van der Waals surface area contributed by atoms with Crippen LogP contribution in [0.1, 0.15) is 58.5 Å². The molecule has 0 radical (unpaired) electrons. The van der Waals surface area contributed by atoms with E-state index in [1.165, 1.54) is 22.1 Å². The van der Waals surface area contributed by atoms with Crippen molar-refractivity contribution in [1.29, 1.82) is 0 Å². The van der Waals surface area contributed by atoms with Gasteiger partial charge in [-0.3, -0.25) is 0 Å². The summed E-state index contributed by atoms with van der Waals surface area (Å²) in [6.07, 6.45) is 1.28. The Morgan fingerprint density at radius 3 is 2.55 bits per heavy atom. The molecule has 1 saturated heterocycles. The zero-order chi connectivity index (χ0) is 14.9.